The molecule has 0 aliphatic heterocycles. The van der Waals surface area contributed by atoms with Gasteiger partial charge in [0, 0.05) is 18.8 Å². The van der Waals surface area contributed by atoms with Crippen LogP contribution in [0, 0.1) is 0 Å². The molecule has 4 nitrogen and oxygen atoms in total. The van der Waals surface area contributed by atoms with Crippen LogP contribution in [0.5, 0.6) is 0 Å². The van der Waals surface area contributed by atoms with Gasteiger partial charge in [0.15, 0.2) is 0 Å². The first-order chi connectivity index (χ1) is 8.12. The number of nitrogens with two attached hydrogens (primary N) is 1. The molecule has 0 aromatic heterocycles. The van der Waals surface area contributed by atoms with Crippen molar-refractivity contribution in [1.29, 1.82) is 0 Å². The molecule has 0 aliphatic rings. The number of rotatable bonds is 6. The molecule has 0 saturated heterocycles. The van der Waals surface area contributed by atoms with Gasteiger partial charge in [0.2, 0.25) is 0 Å². The minimum absolute atomic E-state index is 0.530. The molecule has 1 aromatic rings. The standard InChI is InChI=1S/C12H21N3OS/c1-3-5-10-15-17(16,14-4-2)12-8-6-11(13)7-9-12/h6-9H,3-5,10,13H2,1-2H3,(H,14,15,16). The van der Waals surface area contributed by atoms with Crippen molar-refractivity contribution in [1.82, 2.24) is 4.72 Å². The minimum Gasteiger partial charge on any atom is -0.399 e. The van der Waals surface area contributed by atoms with Crippen LogP contribution in [0.2, 0.25) is 0 Å². The van der Waals surface area contributed by atoms with Gasteiger partial charge in [-0.25, -0.2) is 13.3 Å². The molecular weight excluding hydrogens is 234 g/mol. The Hall–Kier alpha value is -1.07. The highest BCUT2D eigenvalue weighted by atomic mass is 32.2. The Balaban J connectivity index is 2.96. The van der Waals surface area contributed by atoms with Crippen molar-refractivity contribution in [3.05, 3.63) is 24.3 Å². The van der Waals surface area contributed by atoms with Gasteiger partial charge < -0.3 is 5.73 Å². The van der Waals surface area contributed by atoms with E-state index in [-0.39, 0.29) is 0 Å². The Morgan fingerprint density at radius 2 is 1.94 bits per heavy atom. The van der Waals surface area contributed by atoms with Gasteiger partial charge in [-0.1, -0.05) is 13.3 Å². The number of anilines is 1. The lowest BCUT2D eigenvalue weighted by atomic mass is 10.3. The van der Waals surface area contributed by atoms with Crippen LogP contribution in [-0.4, -0.2) is 17.3 Å². The predicted octanol–water partition coefficient (Wildman–Crippen LogP) is 2.42. The summed E-state index contributed by atoms with van der Waals surface area (Å²) in [7, 11) is -2.49. The molecule has 1 aromatic carbocycles. The van der Waals surface area contributed by atoms with Crippen molar-refractivity contribution >= 4 is 15.6 Å². The Morgan fingerprint density at radius 1 is 1.29 bits per heavy atom. The maximum Gasteiger partial charge on any atom is 0.137 e. The zero-order valence-corrected chi connectivity index (χ0v) is 11.3. The summed E-state index contributed by atoms with van der Waals surface area (Å²) in [5.41, 5.74) is 6.29. The highest BCUT2D eigenvalue weighted by molar-refractivity contribution is 7.91. The maximum atomic E-state index is 12.7. The highest BCUT2D eigenvalue weighted by Gasteiger charge is 2.10. The Bertz CT molecular complexity index is 447. The van der Waals surface area contributed by atoms with E-state index in [2.05, 4.69) is 16.0 Å². The second kappa shape index (κ2) is 6.61. The first kappa shape index (κ1) is 14.0. The number of hydrogen-bond acceptors (Lipinski definition) is 3. The quantitative estimate of drug-likeness (QED) is 0.605. The zero-order valence-electron chi connectivity index (χ0n) is 10.5. The molecule has 0 fully saturated rings. The van der Waals surface area contributed by atoms with E-state index in [0.717, 1.165) is 12.8 Å². The van der Waals surface area contributed by atoms with E-state index in [0.29, 0.717) is 23.7 Å². The summed E-state index contributed by atoms with van der Waals surface area (Å²) < 4.78 is 19.9. The Kier molecular flexibility index (Phi) is 5.44. The molecule has 0 amide bonds. The lowest BCUT2D eigenvalue weighted by Gasteiger charge is -2.12. The Morgan fingerprint density at radius 3 is 2.47 bits per heavy atom. The van der Waals surface area contributed by atoms with Crippen molar-refractivity contribution in [3.8, 4) is 0 Å². The van der Waals surface area contributed by atoms with Crippen LogP contribution in [-0.2, 0) is 9.92 Å². The topological polar surface area (TPSA) is 67.5 Å². The zero-order chi connectivity index (χ0) is 12.7. The predicted molar refractivity (Wildman–Crippen MR) is 73.1 cm³/mol. The van der Waals surface area contributed by atoms with Crippen LogP contribution in [0.25, 0.3) is 0 Å². The highest BCUT2D eigenvalue weighted by Crippen LogP contribution is 2.13. The number of nitrogens with zero attached hydrogens (tertiary/aromatic N) is 1. The van der Waals surface area contributed by atoms with E-state index in [4.69, 9.17) is 5.73 Å². The summed E-state index contributed by atoms with van der Waals surface area (Å²) in [6.07, 6.45) is 2.06. The fourth-order valence-electron chi connectivity index (χ4n) is 1.42. The fraction of sp³-hybridized carbons (Fsp3) is 0.500. The molecule has 96 valence electrons. The number of nitrogen functional groups attached to an aromatic ring is 1. The third kappa shape index (κ3) is 4.02. The lowest BCUT2D eigenvalue weighted by molar-refractivity contribution is 0.656. The molecule has 1 rings (SSSR count). The summed E-state index contributed by atoms with van der Waals surface area (Å²) in [6, 6.07) is 7.05. The summed E-state index contributed by atoms with van der Waals surface area (Å²) in [6.45, 7) is 5.23. The van der Waals surface area contributed by atoms with Crippen molar-refractivity contribution in [3.63, 3.8) is 0 Å². The maximum absolute atomic E-state index is 12.7. The van der Waals surface area contributed by atoms with Gasteiger partial charge in [-0.05, 0) is 37.6 Å². The smallest absolute Gasteiger partial charge is 0.137 e. The van der Waals surface area contributed by atoms with E-state index in [1.807, 2.05) is 6.92 Å². The van der Waals surface area contributed by atoms with E-state index < -0.39 is 9.92 Å². The molecule has 3 N–H and O–H groups in total. The second-order valence-corrected chi connectivity index (χ2v) is 5.86. The van der Waals surface area contributed by atoms with E-state index >= 15 is 0 Å². The first-order valence-electron chi connectivity index (χ1n) is 5.95. The van der Waals surface area contributed by atoms with Crippen LogP contribution in [0.15, 0.2) is 33.5 Å². The van der Waals surface area contributed by atoms with Crippen molar-refractivity contribution in [2.75, 3.05) is 18.8 Å². The van der Waals surface area contributed by atoms with E-state index in [1.54, 1.807) is 24.3 Å². The van der Waals surface area contributed by atoms with Crippen LogP contribution in [0.4, 0.5) is 5.69 Å². The van der Waals surface area contributed by atoms with E-state index in [1.165, 1.54) is 0 Å². The van der Waals surface area contributed by atoms with Gasteiger partial charge in [0.25, 0.3) is 0 Å². The molecule has 0 saturated carbocycles. The van der Waals surface area contributed by atoms with Crippen molar-refractivity contribution in [2.45, 2.75) is 31.6 Å². The number of hydrogen-bond donors (Lipinski definition) is 2. The molecule has 0 radical (unpaired) electrons. The molecular formula is C12H21N3OS. The molecule has 1 atom stereocenters. The van der Waals surface area contributed by atoms with Gasteiger partial charge in [-0.2, -0.15) is 0 Å². The molecule has 0 bridgehead atoms. The average molecular weight is 255 g/mol. The molecule has 0 aliphatic carbocycles. The molecule has 0 heterocycles. The summed E-state index contributed by atoms with van der Waals surface area (Å²) in [5, 5.41) is 0. The molecule has 5 heteroatoms. The van der Waals surface area contributed by atoms with Gasteiger partial charge in [-0.15, -0.1) is 0 Å². The third-order valence-electron chi connectivity index (χ3n) is 2.34. The van der Waals surface area contributed by atoms with Gasteiger partial charge in [0.05, 0.1) is 4.90 Å². The van der Waals surface area contributed by atoms with Crippen LogP contribution >= 0.6 is 0 Å². The SMILES string of the molecule is CCCCNS(=O)(=NCC)c1ccc(N)cc1. The summed E-state index contributed by atoms with van der Waals surface area (Å²) in [5.74, 6) is 0. The number of unbranched alkanes of at least 4 members (excludes halogenated alkanes) is 1. The van der Waals surface area contributed by atoms with Gasteiger partial charge >= 0.3 is 0 Å². The number of nitrogens with one attached hydrogen (secondary N) is 1. The largest absolute Gasteiger partial charge is 0.399 e. The summed E-state index contributed by atoms with van der Waals surface area (Å²) >= 11 is 0. The number of benzene rings is 1. The van der Waals surface area contributed by atoms with E-state index in [9.17, 15) is 4.21 Å². The lowest BCUT2D eigenvalue weighted by Crippen LogP contribution is -2.24. The molecule has 1 unspecified atom stereocenters. The minimum atomic E-state index is -2.49. The molecule has 0 spiro atoms. The average Bonchev–Trinajstić information content (AvgIpc) is 2.30. The molecule has 17 heavy (non-hydrogen) atoms. The monoisotopic (exact) mass is 255 g/mol. The van der Waals surface area contributed by atoms with Crippen LogP contribution in [0.3, 0.4) is 0 Å². The van der Waals surface area contributed by atoms with Crippen LogP contribution < -0.4 is 10.5 Å². The van der Waals surface area contributed by atoms with Gasteiger partial charge in [0.1, 0.15) is 9.92 Å². The van der Waals surface area contributed by atoms with Gasteiger partial charge in [-0.3, -0.25) is 0 Å². The second-order valence-electron chi connectivity index (χ2n) is 3.79. The fourth-order valence-corrected chi connectivity index (χ4v) is 3.12. The van der Waals surface area contributed by atoms with Crippen LogP contribution in [0.1, 0.15) is 26.7 Å². The Labute approximate surface area is 104 Å². The van der Waals surface area contributed by atoms with Crippen molar-refractivity contribution in [2.24, 2.45) is 4.36 Å². The normalized spacial score (nSPS) is 14.2. The third-order valence-corrected chi connectivity index (χ3v) is 4.47. The first-order valence-corrected chi connectivity index (χ1v) is 7.47. The summed E-state index contributed by atoms with van der Waals surface area (Å²) in [4.78, 5) is 0.699. The van der Waals surface area contributed by atoms with Crippen molar-refractivity contribution < 1.29 is 4.21 Å².